The number of carbonyl (C=O) groups excluding carboxylic acids is 1. The second-order valence-corrected chi connectivity index (χ2v) is 7.91. The molecule has 0 radical (unpaired) electrons. The summed E-state index contributed by atoms with van der Waals surface area (Å²) in [5.74, 6) is -0.156. The van der Waals surface area contributed by atoms with Gasteiger partial charge in [0.1, 0.15) is 5.69 Å². The molecule has 0 aliphatic carbocycles. The van der Waals surface area contributed by atoms with E-state index in [1.165, 1.54) is 9.96 Å². The molecular weight excluding hydrogens is 420 g/mol. The van der Waals surface area contributed by atoms with Crippen molar-refractivity contribution in [1.29, 1.82) is 0 Å². The van der Waals surface area contributed by atoms with E-state index in [0.717, 1.165) is 16.9 Å². The van der Waals surface area contributed by atoms with Crippen LogP contribution in [-0.4, -0.2) is 38.3 Å². The number of aryl methyl sites for hydroxylation is 4. The molecule has 0 bridgehead atoms. The molecule has 170 valence electrons. The van der Waals surface area contributed by atoms with Crippen LogP contribution in [-0.2, 0) is 9.53 Å². The van der Waals surface area contributed by atoms with E-state index in [1.54, 1.807) is 32.2 Å². The average Bonchev–Trinajstić information content (AvgIpc) is 3.13. The first-order chi connectivity index (χ1) is 15.8. The summed E-state index contributed by atoms with van der Waals surface area (Å²) in [5, 5.41) is 4.74. The van der Waals surface area contributed by atoms with Crippen molar-refractivity contribution in [2.45, 2.75) is 34.6 Å². The zero-order valence-electron chi connectivity index (χ0n) is 19.4. The number of benzene rings is 1. The minimum Gasteiger partial charge on any atom is -0.478 e. The number of pyridine rings is 1. The Kier molecular flexibility index (Phi) is 6.00. The zero-order chi connectivity index (χ0) is 23.7. The van der Waals surface area contributed by atoms with Gasteiger partial charge in [0, 0.05) is 11.9 Å². The first kappa shape index (κ1) is 22.3. The van der Waals surface area contributed by atoms with Crippen LogP contribution in [0.3, 0.4) is 0 Å². The minimum atomic E-state index is -0.484. The molecule has 8 nitrogen and oxygen atoms in total. The van der Waals surface area contributed by atoms with Gasteiger partial charge in [0.25, 0.3) is 5.56 Å². The normalized spacial score (nSPS) is 11.1. The van der Waals surface area contributed by atoms with Gasteiger partial charge in [-0.3, -0.25) is 9.20 Å². The molecule has 0 amide bonds. The molecule has 1 aromatic carbocycles. The molecule has 0 aliphatic heterocycles. The van der Waals surface area contributed by atoms with Crippen LogP contribution >= 0.6 is 0 Å². The van der Waals surface area contributed by atoms with E-state index in [-0.39, 0.29) is 18.8 Å². The number of ether oxygens (including phenoxy) is 2. The van der Waals surface area contributed by atoms with Crippen molar-refractivity contribution in [2.24, 2.45) is 0 Å². The fourth-order valence-electron chi connectivity index (χ4n) is 3.87. The molecule has 4 rings (SSSR count). The van der Waals surface area contributed by atoms with Gasteiger partial charge in [-0.25, -0.2) is 14.5 Å². The summed E-state index contributed by atoms with van der Waals surface area (Å²) in [6.45, 7) is 9.55. The van der Waals surface area contributed by atoms with Gasteiger partial charge in [-0.2, -0.15) is 5.10 Å². The Labute approximate surface area is 191 Å². The number of esters is 1. The van der Waals surface area contributed by atoms with Crippen molar-refractivity contribution in [1.82, 2.24) is 19.2 Å². The van der Waals surface area contributed by atoms with Crippen molar-refractivity contribution in [3.05, 3.63) is 75.5 Å². The second-order valence-electron chi connectivity index (χ2n) is 7.91. The van der Waals surface area contributed by atoms with Gasteiger partial charge in [-0.15, -0.1) is 0 Å². The summed E-state index contributed by atoms with van der Waals surface area (Å²) in [6.07, 6.45) is 1.62. The molecule has 0 N–H and O–H groups in total. The molecule has 0 saturated carbocycles. The van der Waals surface area contributed by atoms with Crippen LogP contribution in [0, 0.1) is 27.7 Å². The van der Waals surface area contributed by atoms with E-state index in [9.17, 15) is 9.59 Å². The third-order valence-corrected chi connectivity index (χ3v) is 5.37. The van der Waals surface area contributed by atoms with Gasteiger partial charge in [0.15, 0.2) is 18.0 Å². The number of rotatable bonds is 6. The van der Waals surface area contributed by atoms with Crippen LogP contribution in [0.5, 0.6) is 5.75 Å². The largest absolute Gasteiger partial charge is 0.478 e. The number of hydrogen-bond donors (Lipinski definition) is 0. The van der Waals surface area contributed by atoms with Crippen LogP contribution < -0.4 is 10.3 Å². The molecule has 3 aromatic heterocycles. The number of carbonyl (C=O) groups is 1. The lowest BCUT2D eigenvalue weighted by atomic mass is 10.1. The number of fused-ring (bicyclic) bond motifs is 1. The summed E-state index contributed by atoms with van der Waals surface area (Å²) in [7, 11) is 0. The van der Waals surface area contributed by atoms with Crippen molar-refractivity contribution in [2.75, 3.05) is 13.2 Å². The summed E-state index contributed by atoms with van der Waals surface area (Å²) in [6, 6.07) is 11.4. The van der Waals surface area contributed by atoms with Crippen LogP contribution in [0.2, 0.25) is 0 Å². The highest BCUT2D eigenvalue weighted by Gasteiger charge is 2.19. The van der Waals surface area contributed by atoms with Gasteiger partial charge in [0.2, 0.25) is 0 Å². The van der Waals surface area contributed by atoms with Crippen LogP contribution in [0.15, 0.2) is 47.4 Å². The van der Waals surface area contributed by atoms with E-state index in [2.05, 4.69) is 11.1 Å². The highest BCUT2D eigenvalue weighted by molar-refractivity contribution is 5.72. The first-order valence-electron chi connectivity index (χ1n) is 10.7. The van der Waals surface area contributed by atoms with Crippen LogP contribution in [0.4, 0.5) is 0 Å². The smallest absolute Gasteiger partial charge is 0.344 e. The minimum absolute atomic E-state index is 0.260. The molecule has 0 saturated heterocycles. The molecule has 0 aliphatic rings. The Hall–Kier alpha value is -3.94. The fraction of sp³-hybridized carbons (Fsp3) is 0.280. The molecule has 8 heteroatoms. The maximum absolute atomic E-state index is 13.4. The Morgan fingerprint density at radius 1 is 1.09 bits per heavy atom. The SMILES string of the molecule is CCOC(=O)COc1cccn2c(=O)c(-c3cc(C)n(-c4ccc(C)cc4C)n3)c(C)nc12. The molecule has 4 aromatic rings. The zero-order valence-corrected chi connectivity index (χ0v) is 19.4. The molecule has 0 fully saturated rings. The molecule has 0 spiro atoms. The lowest BCUT2D eigenvalue weighted by Gasteiger charge is -2.11. The van der Waals surface area contributed by atoms with E-state index in [4.69, 9.17) is 14.6 Å². The predicted molar refractivity (Wildman–Crippen MR) is 125 cm³/mol. The van der Waals surface area contributed by atoms with Gasteiger partial charge in [0.05, 0.1) is 23.6 Å². The number of aromatic nitrogens is 4. The Bertz CT molecular complexity index is 1420. The van der Waals surface area contributed by atoms with E-state index < -0.39 is 5.97 Å². The third-order valence-electron chi connectivity index (χ3n) is 5.37. The summed E-state index contributed by atoms with van der Waals surface area (Å²) in [5.41, 5.74) is 5.71. The highest BCUT2D eigenvalue weighted by atomic mass is 16.6. The standard InChI is InChI=1S/C25H26N4O4/c1-6-32-22(30)14-33-21-8-7-11-28-24(21)26-18(5)23(25(28)31)19-13-17(4)29(27-19)20-10-9-15(2)12-16(20)3/h7-13H,6,14H2,1-5H3. The van der Waals surface area contributed by atoms with Gasteiger partial charge >= 0.3 is 5.97 Å². The quantitative estimate of drug-likeness (QED) is 0.420. The molecular formula is C25H26N4O4. The number of nitrogens with zero attached hydrogens (tertiary/aromatic N) is 4. The van der Waals surface area contributed by atoms with Crippen LogP contribution in [0.25, 0.3) is 22.6 Å². The summed E-state index contributed by atoms with van der Waals surface area (Å²) >= 11 is 0. The maximum atomic E-state index is 13.4. The Morgan fingerprint density at radius 2 is 1.88 bits per heavy atom. The molecule has 3 heterocycles. The Morgan fingerprint density at radius 3 is 2.61 bits per heavy atom. The Balaban J connectivity index is 1.78. The molecule has 0 unspecified atom stereocenters. The van der Waals surface area contributed by atoms with Crippen molar-refractivity contribution < 1.29 is 14.3 Å². The van der Waals surface area contributed by atoms with Crippen molar-refractivity contribution >= 4 is 11.6 Å². The van der Waals surface area contributed by atoms with Gasteiger partial charge in [-0.1, -0.05) is 17.7 Å². The van der Waals surface area contributed by atoms with Gasteiger partial charge in [-0.05, 0) is 64.4 Å². The molecule has 0 atom stereocenters. The topological polar surface area (TPSA) is 87.7 Å². The third kappa shape index (κ3) is 4.24. The lowest BCUT2D eigenvalue weighted by molar-refractivity contribution is -0.145. The average molecular weight is 447 g/mol. The summed E-state index contributed by atoms with van der Waals surface area (Å²) in [4.78, 5) is 29.7. The van der Waals surface area contributed by atoms with Crippen molar-refractivity contribution in [3.8, 4) is 22.7 Å². The van der Waals surface area contributed by atoms with Crippen molar-refractivity contribution in [3.63, 3.8) is 0 Å². The van der Waals surface area contributed by atoms with E-state index in [0.29, 0.717) is 28.3 Å². The predicted octanol–water partition coefficient (Wildman–Crippen LogP) is 3.72. The van der Waals surface area contributed by atoms with Gasteiger partial charge < -0.3 is 9.47 Å². The molecule has 33 heavy (non-hydrogen) atoms. The number of hydrogen-bond acceptors (Lipinski definition) is 6. The monoisotopic (exact) mass is 446 g/mol. The second kappa shape index (κ2) is 8.90. The summed E-state index contributed by atoms with van der Waals surface area (Å²) < 4.78 is 13.7. The maximum Gasteiger partial charge on any atom is 0.344 e. The lowest BCUT2D eigenvalue weighted by Crippen LogP contribution is -2.21. The van der Waals surface area contributed by atoms with E-state index in [1.807, 2.05) is 43.7 Å². The van der Waals surface area contributed by atoms with E-state index >= 15 is 0 Å². The fourth-order valence-corrected chi connectivity index (χ4v) is 3.87. The van der Waals surface area contributed by atoms with Crippen LogP contribution in [0.1, 0.15) is 29.4 Å². The highest BCUT2D eigenvalue weighted by Crippen LogP contribution is 2.25. The first-order valence-corrected chi connectivity index (χ1v) is 10.7.